The topological polar surface area (TPSA) is 36.4 Å². The Labute approximate surface area is 121 Å². The maximum Gasteiger partial charge on any atom is 0.0983 e. The van der Waals surface area contributed by atoms with Gasteiger partial charge in [-0.2, -0.15) is 0 Å². The predicted octanol–water partition coefficient (Wildman–Crippen LogP) is 3.39. The average Bonchev–Trinajstić information content (AvgIpc) is 2.47. The Bertz CT molecular complexity index is 576. The molecule has 1 N–H and O–H groups in total. The molecule has 1 aromatic heterocycles. The molecule has 0 amide bonds. The van der Waals surface area contributed by atoms with Crippen LogP contribution in [0.1, 0.15) is 39.4 Å². The first-order valence-electron chi connectivity index (χ1n) is 7.28. The lowest BCUT2D eigenvalue weighted by atomic mass is 9.89. The first-order chi connectivity index (χ1) is 9.50. The lowest BCUT2D eigenvalue weighted by molar-refractivity contribution is -0.00635. The summed E-state index contributed by atoms with van der Waals surface area (Å²) in [5.41, 5.74) is 1.53. The SMILES string of the molecule is CCN(CC)C(C)(C)C(O)c1cnc2ccccc2c1. The highest BCUT2D eigenvalue weighted by Crippen LogP contribution is 2.31. The molecule has 1 atom stereocenters. The molecule has 2 rings (SSSR count). The molecule has 3 nitrogen and oxygen atoms in total. The third kappa shape index (κ3) is 2.69. The van der Waals surface area contributed by atoms with Gasteiger partial charge in [-0.1, -0.05) is 32.0 Å². The molecule has 0 aliphatic rings. The van der Waals surface area contributed by atoms with E-state index in [9.17, 15) is 5.11 Å². The molecule has 0 bridgehead atoms. The number of hydrogen-bond acceptors (Lipinski definition) is 3. The average molecular weight is 272 g/mol. The summed E-state index contributed by atoms with van der Waals surface area (Å²) in [5.74, 6) is 0. The summed E-state index contributed by atoms with van der Waals surface area (Å²) < 4.78 is 0. The Hall–Kier alpha value is -1.45. The van der Waals surface area contributed by atoms with Crippen LogP contribution in [0.25, 0.3) is 10.9 Å². The number of aliphatic hydroxyl groups excluding tert-OH is 1. The Kier molecular flexibility index (Phi) is 4.41. The number of nitrogens with zero attached hydrogens (tertiary/aromatic N) is 2. The van der Waals surface area contributed by atoms with Gasteiger partial charge in [0.15, 0.2) is 0 Å². The van der Waals surface area contributed by atoms with Crippen LogP contribution in [-0.2, 0) is 0 Å². The fraction of sp³-hybridized carbons (Fsp3) is 0.471. The summed E-state index contributed by atoms with van der Waals surface area (Å²) in [7, 11) is 0. The molecule has 1 heterocycles. The number of para-hydroxylation sites is 1. The van der Waals surface area contributed by atoms with Gasteiger partial charge >= 0.3 is 0 Å². The smallest absolute Gasteiger partial charge is 0.0983 e. The number of likely N-dealkylation sites (N-methyl/N-ethyl adjacent to an activating group) is 1. The zero-order valence-electron chi connectivity index (χ0n) is 12.8. The zero-order valence-corrected chi connectivity index (χ0v) is 12.8. The van der Waals surface area contributed by atoms with Crippen LogP contribution in [-0.4, -0.2) is 33.6 Å². The maximum atomic E-state index is 10.8. The molecule has 0 aliphatic heterocycles. The Morgan fingerprint density at radius 1 is 1.20 bits per heavy atom. The van der Waals surface area contributed by atoms with Crippen molar-refractivity contribution in [1.29, 1.82) is 0 Å². The first kappa shape index (κ1) is 14.9. The van der Waals surface area contributed by atoms with E-state index in [4.69, 9.17) is 0 Å². The van der Waals surface area contributed by atoms with Crippen molar-refractivity contribution < 1.29 is 5.11 Å². The van der Waals surface area contributed by atoms with E-state index in [-0.39, 0.29) is 5.54 Å². The molecule has 1 aromatic carbocycles. The second kappa shape index (κ2) is 5.90. The standard InChI is InChI=1S/C17H24N2O/c1-5-19(6-2)17(3,4)16(20)14-11-13-9-7-8-10-15(13)18-12-14/h7-12,16,20H,5-6H2,1-4H3. The summed E-state index contributed by atoms with van der Waals surface area (Å²) in [5, 5.41) is 11.8. The van der Waals surface area contributed by atoms with E-state index in [2.05, 4.69) is 37.6 Å². The van der Waals surface area contributed by atoms with Crippen LogP contribution < -0.4 is 0 Å². The van der Waals surface area contributed by atoms with E-state index < -0.39 is 6.10 Å². The fourth-order valence-corrected chi connectivity index (χ4v) is 2.86. The number of pyridine rings is 1. The monoisotopic (exact) mass is 272 g/mol. The molecule has 0 aliphatic carbocycles. The number of benzene rings is 1. The summed E-state index contributed by atoms with van der Waals surface area (Å²) in [6.07, 6.45) is 1.23. The minimum absolute atomic E-state index is 0.312. The van der Waals surface area contributed by atoms with Crippen molar-refractivity contribution in [3.63, 3.8) is 0 Å². The molecule has 1 unspecified atom stereocenters. The lowest BCUT2D eigenvalue weighted by Crippen LogP contribution is -2.48. The van der Waals surface area contributed by atoms with Crippen molar-refractivity contribution in [3.8, 4) is 0 Å². The molecule has 0 saturated heterocycles. The third-order valence-corrected chi connectivity index (χ3v) is 4.17. The van der Waals surface area contributed by atoms with Gasteiger partial charge in [0.05, 0.1) is 11.6 Å². The third-order valence-electron chi connectivity index (χ3n) is 4.17. The lowest BCUT2D eigenvalue weighted by Gasteiger charge is -2.41. The molecule has 3 heteroatoms. The Morgan fingerprint density at radius 3 is 2.50 bits per heavy atom. The summed E-state index contributed by atoms with van der Waals surface area (Å²) in [6, 6.07) is 10.0. The Morgan fingerprint density at radius 2 is 1.85 bits per heavy atom. The van der Waals surface area contributed by atoms with Crippen LogP contribution in [0, 0.1) is 0 Å². The molecule has 0 radical (unpaired) electrons. The highest BCUT2D eigenvalue weighted by molar-refractivity contribution is 5.78. The molecule has 2 aromatic rings. The second-order valence-corrected chi connectivity index (χ2v) is 5.69. The molecule has 0 spiro atoms. The highest BCUT2D eigenvalue weighted by atomic mass is 16.3. The van der Waals surface area contributed by atoms with Gasteiger partial charge in [0.25, 0.3) is 0 Å². The van der Waals surface area contributed by atoms with Crippen molar-refractivity contribution in [1.82, 2.24) is 9.88 Å². The predicted molar refractivity (Wildman–Crippen MR) is 83.7 cm³/mol. The van der Waals surface area contributed by atoms with Gasteiger partial charge in [-0.15, -0.1) is 0 Å². The maximum absolute atomic E-state index is 10.8. The molecular weight excluding hydrogens is 248 g/mol. The normalized spacial score (nSPS) is 13.9. The van der Waals surface area contributed by atoms with E-state index in [0.29, 0.717) is 0 Å². The van der Waals surface area contributed by atoms with Crippen molar-refractivity contribution in [2.45, 2.75) is 39.3 Å². The van der Waals surface area contributed by atoms with Gasteiger partial charge in [0.1, 0.15) is 0 Å². The van der Waals surface area contributed by atoms with E-state index in [1.54, 1.807) is 6.20 Å². The van der Waals surface area contributed by atoms with Gasteiger partial charge < -0.3 is 5.11 Å². The molecule has 108 valence electrons. The van der Waals surface area contributed by atoms with Crippen molar-refractivity contribution in [2.75, 3.05) is 13.1 Å². The Balaban J connectivity index is 2.37. The van der Waals surface area contributed by atoms with Crippen molar-refractivity contribution in [2.24, 2.45) is 0 Å². The van der Waals surface area contributed by atoms with Crippen LogP contribution in [0.2, 0.25) is 0 Å². The van der Waals surface area contributed by atoms with Gasteiger partial charge in [0, 0.05) is 22.7 Å². The van der Waals surface area contributed by atoms with Crippen LogP contribution in [0.5, 0.6) is 0 Å². The minimum atomic E-state index is -0.556. The van der Waals surface area contributed by atoms with Crippen LogP contribution in [0.4, 0.5) is 0 Å². The van der Waals surface area contributed by atoms with E-state index >= 15 is 0 Å². The van der Waals surface area contributed by atoms with Crippen LogP contribution in [0.3, 0.4) is 0 Å². The van der Waals surface area contributed by atoms with Crippen molar-refractivity contribution >= 4 is 10.9 Å². The molecule has 20 heavy (non-hydrogen) atoms. The fourth-order valence-electron chi connectivity index (χ4n) is 2.86. The highest BCUT2D eigenvalue weighted by Gasteiger charge is 2.33. The quantitative estimate of drug-likeness (QED) is 0.906. The molecular formula is C17H24N2O. The number of hydrogen-bond donors (Lipinski definition) is 1. The second-order valence-electron chi connectivity index (χ2n) is 5.69. The van der Waals surface area contributed by atoms with Gasteiger partial charge in [0.2, 0.25) is 0 Å². The summed E-state index contributed by atoms with van der Waals surface area (Å²) >= 11 is 0. The van der Waals surface area contributed by atoms with Crippen LogP contribution >= 0.6 is 0 Å². The number of rotatable bonds is 5. The minimum Gasteiger partial charge on any atom is -0.386 e. The van der Waals surface area contributed by atoms with Gasteiger partial charge in [-0.05, 0) is 39.1 Å². The van der Waals surface area contributed by atoms with Crippen LogP contribution in [0.15, 0.2) is 36.5 Å². The number of fused-ring (bicyclic) bond motifs is 1. The first-order valence-corrected chi connectivity index (χ1v) is 7.28. The number of aliphatic hydroxyl groups is 1. The van der Waals surface area contributed by atoms with Gasteiger partial charge in [-0.3, -0.25) is 9.88 Å². The largest absolute Gasteiger partial charge is 0.386 e. The molecule has 0 fully saturated rings. The van der Waals surface area contributed by atoms with E-state index in [0.717, 1.165) is 29.6 Å². The van der Waals surface area contributed by atoms with E-state index in [1.807, 2.05) is 30.3 Å². The summed E-state index contributed by atoms with van der Waals surface area (Å²) in [4.78, 5) is 6.72. The summed E-state index contributed by atoms with van der Waals surface area (Å²) in [6.45, 7) is 10.2. The van der Waals surface area contributed by atoms with Crippen molar-refractivity contribution in [3.05, 3.63) is 42.1 Å². The van der Waals surface area contributed by atoms with E-state index in [1.165, 1.54) is 0 Å². The van der Waals surface area contributed by atoms with Gasteiger partial charge in [-0.25, -0.2) is 0 Å². The zero-order chi connectivity index (χ0) is 14.8. The number of aromatic nitrogens is 1. The molecule has 0 saturated carbocycles.